The summed E-state index contributed by atoms with van der Waals surface area (Å²) in [6, 6.07) is 9.85. The summed E-state index contributed by atoms with van der Waals surface area (Å²) in [5, 5.41) is 17.4. The number of aliphatic hydroxyl groups excluding tert-OH is 1. The lowest BCUT2D eigenvalue weighted by Gasteiger charge is -2.12. The largest absolute Gasteiger partial charge is 0.378 e. The number of halogens is 2. The molecule has 1 atom stereocenters. The number of carbonyl (C=O) groups excluding carboxylic acids is 1. The highest BCUT2D eigenvalue weighted by atomic mass is 79.9. The van der Waals surface area contributed by atoms with Gasteiger partial charge >= 0.3 is 0 Å². The second-order valence-corrected chi connectivity index (χ2v) is 7.43. The summed E-state index contributed by atoms with van der Waals surface area (Å²) in [6.45, 7) is -0.0881. The van der Waals surface area contributed by atoms with Gasteiger partial charge in [-0.25, -0.2) is 17.9 Å². The third-order valence-corrected chi connectivity index (χ3v) is 4.66. The molecule has 0 heterocycles. The molecule has 0 saturated heterocycles. The first-order chi connectivity index (χ1) is 11.2. The fraction of sp³-hybridized carbons (Fsp3) is 0.133. The average Bonchev–Trinajstić information content (AvgIpc) is 2.52. The van der Waals surface area contributed by atoms with Gasteiger partial charge in [0, 0.05) is 11.0 Å². The van der Waals surface area contributed by atoms with Gasteiger partial charge in [-0.3, -0.25) is 4.79 Å². The fourth-order valence-corrected chi connectivity index (χ4v) is 2.88. The van der Waals surface area contributed by atoms with Gasteiger partial charge in [-0.2, -0.15) is 0 Å². The molecule has 1 unspecified atom stereocenters. The number of hydrogen-bond acceptors (Lipinski definition) is 4. The molecule has 2 aromatic rings. The molecule has 0 aliphatic rings. The Morgan fingerprint density at radius 1 is 1.25 bits per heavy atom. The maximum Gasteiger partial charge on any atom is 0.253 e. The molecule has 2 rings (SSSR count). The van der Waals surface area contributed by atoms with Crippen LogP contribution in [-0.4, -0.2) is 19.4 Å². The summed E-state index contributed by atoms with van der Waals surface area (Å²) in [6.07, 6.45) is -1.38. The Bertz CT molecular complexity index is 856. The quantitative estimate of drug-likeness (QED) is 0.686. The predicted molar refractivity (Wildman–Crippen MR) is 88.7 cm³/mol. The number of sulfonamides is 1. The third kappa shape index (κ3) is 4.60. The molecule has 6 nitrogen and oxygen atoms in total. The van der Waals surface area contributed by atoms with Crippen LogP contribution in [0.1, 0.15) is 17.2 Å². The minimum atomic E-state index is -4.20. The molecule has 0 radical (unpaired) electrons. The van der Waals surface area contributed by atoms with E-state index < -0.39 is 32.7 Å². The summed E-state index contributed by atoms with van der Waals surface area (Å²) >= 11 is 3.25. The van der Waals surface area contributed by atoms with E-state index in [0.717, 1.165) is 16.6 Å². The van der Waals surface area contributed by atoms with Crippen LogP contribution in [-0.2, 0) is 21.4 Å². The molecule has 2 aromatic carbocycles. The number of primary sulfonamides is 1. The first kappa shape index (κ1) is 18.5. The number of aliphatic hydroxyl groups is 1. The maximum atomic E-state index is 13.5. The van der Waals surface area contributed by atoms with Crippen LogP contribution in [0.4, 0.5) is 4.39 Å². The SMILES string of the molecule is NS(=O)(=O)c1cc(CNC(=O)C(O)c2ccc(Br)cc2)ccc1F. The van der Waals surface area contributed by atoms with Gasteiger partial charge < -0.3 is 10.4 Å². The number of benzene rings is 2. The molecule has 0 bridgehead atoms. The molecule has 24 heavy (non-hydrogen) atoms. The Balaban J connectivity index is 2.08. The zero-order chi connectivity index (χ0) is 17.9. The zero-order valence-corrected chi connectivity index (χ0v) is 14.6. The zero-order valence-electron chi connectivity index (χ0n) is 12.2. The van der Waals surface area contributed by atoms with Crippen molar-refractivity contribution < 1.29 is 22.7 Å². The molecular weight excluding hydrogens is 403 g/mol. The summed E-state index contributed by atoms with van der Waals surface area (Å²) < 4.78 is 36.8. The van der Waals surface area contributed by atoms with E-state index in [4.69, 9.17) is 5.14 Å². The van der Waals surface area contributed by atoms with E-state index in [1.807, 2.05) is 0 Å². The summed E-state index contributed by atoms with van der Waals surface area (Å²) in [5.41, 5.74) is 0.733. The standard InChI is InChI=1S/C15H14BrFN2O4S/c16-11-4-2-10(3-5-11)14(20)15(21)19-8-9-1-6-12(17)13(7-9)24(18,22)23/h1-7,14,20H,8H2,(H,19,21)(H2,18,22,23). The van der Waals surface area contributed by atoms with Crippen molar-refractivity contribution in [2.24, 2.45) is 5.14 Å². The van der Waals surface area contributed by atoms with E-state index in [0.29, 0.717) is 11.1 Å². The average molecular weight is 417 g/mol. The number of nitrogens with one attached hydrogen (secondary N) is 1. The molecular formula is C15H14BrFN2O4S. The Labute approximate surface area is 146 Å². The monoisotopic (exact) mass is 416 g/mol. The second-order valence-electron chi connectivity index (χ2n) is 4.98. The van der Waals surface area contributed by atoms with Crippen molar-refractivity contribution >= 4 is 31.9 Å². The molecule has 0 aliphatic heterocycles. The van der Waals surface area contributed by atoms with Gasteiger partial charge in [0.15, 0.2) is 6.10 Å². The van der Waals surface area contributed by atoms with Crippen LogP contribution in [0, 0.1) is 5.82 Å². The predicted octanol–water partition coefficient (Wildman–Crippen LogP) is 1.59. The summed E-state index contributed by atoms with van der Waals surface area (Å²) in [5.74, 6) is -1.64. The van der Waals surface area contributed by atoms with Crippen molar-refractivity contribution in [3.63, 3.8) is 0 Å². The van der Waals surface area contributed by atoms with Crippen molar-refractivity contribution in [1.82, 2.24) is 5.32 Å². The molecule has 0 fully saturated rings. The number of amides is 1. The molecule has 9 heteroatoms. The van der Waals surface area contributed by atoms with Crippen molar-refractivity contribution in [2.75, 3.05) is 0 Å². The van der Waals surface area contributed by atoms with Crippen LogP contribution in [0.3, 0.4) is 0 Å². The Hall–Kier alpha value is -1.81. The Kier molecular flexibility index (Phi) is 5.70. The molecule has 0 saturated carbocycles. The molecule has 0 aromatic heterocycles. The van der Waals surface area contributed by atoms with E-state index in [2.05, 4.69) is 21.2 Å². The van der Waals surface area contributed by atoms with Gasteiger partial charge in [0.25, 0.3) is 5.91 Å². The van der Waals surface area contributed by atoms with Crippen molar-refractivity contribution in [3.05, 3.63) is 63.9 Å². The van der Waals surface area contributed by atoms with Gasteiger partial charge in [-0.15, -0.1) is 0 Å². The van der Waals surface area contributed by atoms with Crippen LogP contribution in [0.2, 0.25) is 0 Å². The van der Waals surface area contributed by atoms with Gasteiger partial charge in [0.2, 0.25) is 10.0 Å². The normalized spacial score (nSPS) is 12.7. The lowest BCUT2D eigenvalue weighted by atomic mass is 10.1. The van der Waals surface area contributed by atoms with E-state index >= 15 is 0 Å². The fourth-order valence-electron chi connectivity index (χ4n) is 1.96. The number of nitrogens with two attached hydrogens (primary N) is 1. The topological polar surface area (TPSA) is 109 Å². The molecule has 0 spiro atoms. The van der Waals surface area contributed by atoms with Crippen LogP contribution in [0.15, 0.2) is 51.8 Å². The summed E-state index contributed by atoms with van der Waals surface area (Å²) in [4.78, 5) is 11.3. The van der Waals surface area contributed by atoms with Crippen LogP contribution in [0.5, 0.6) is 0 Å². The highest BCUT2D eigenvalue weighted by molar-refractivity contribution is 9.10. The van der Waals surface area contributed by atoms with Gasteiger partial charge in [-0.1, -0.05) is 34.1 Å². The first-order valence-electron chi connectivity index (χ1n) is 6.71. The molecule has 128 valence electrons. The van der Waals surface area contributed by atoms with Gasteiger partial charge in [0.1, 0.15) is 10.7 Å². The third-order valence-electron chi connectivity index (χ3n) is 3.20. The van der Waals surface area contributed by atoms with Crippen LogP contribution in [0.25, 0.3) is 0 Å². The van der Waals surface area contributed by atoms with E-state index in [1.54, 1.807) is 24.3 Å². The summed E-state index contributed by atoms with van der Waals surface area (Å²) in [7, 11) is -4.20. The van der Waals surface area contributed by atoms with Crippen LogP contribution >= 0.6 is 15.9 Å². The van der Waals surface area contributed by atoms with E-state index in [-0.39, 0.29) is 6.54 Å². The van der Waals surface area contributed by atoms with Crippen molar-refractivity contribution in [2.45, 2.75) is 17.5 Å². The van der Waals surface area contributed by atoms with Crippen LogP contribution < -0.4 is 10.5 Å². The molecule has 0 aliphatic carbocycles. The minimum Gasteiger partial charge on any atom is -0.378 e. The second kappa shape index (κ2) is 7.39. The van der Waals surface area contributed by atoms with Gasteiger partial charge in [-0.05, 0) is 35.4 Å². The number of carbonyl (C=O) groups is 1. The highest BCUT2D eigenvalue weighted by Gasteiger charge is 2.18. The van der Waals surface area contributed by atoms with Crippen molar-refractivity contribution in [3.8, 4) is 0 Å². The van der Waals surface area contributed by atoms with E-state index in [9.17, 15) is 22.7 Å². The Morgan fingerprint density at radius 3 is 2.46 bits per heavy atom. The van der Waals surface area contributed by atoms with E-state index in [1.165, 1.54) is 6.07 Å². The first-order valence-corrected chi connectivity index (χ1v) is 9.05. The maximum absolute atomic E-state index is 13.5. The number of hydrogen-bond donors (Lipinski definition) is 3. The number of rotatable bonds is 5. The Morgan fingerprint density at radius 2 is 1.88 bits per heavy atom. The molecule has 1 amide bonds. The lowest BCUT2D eigenvalue weighted by Crippen LogP contribution is -2.29. The molecule has 4 N–H and O–H groups in total. The highest BCUT2D eigenvalue weighted by Crippen LogP contribution is 2.18. The smallest absolute Gasteiger partial charge is 0.253 e. The van der Waals surface area contributed by atoms with Crippen molar-refractivity contribution in [1.29, 1.82) is 0 Å². The minimum absolute atomic E-state index is 0.0881. The lowest BCUT2D eigenvalue weighted by molar-refractivity contribution is -0.129. The van der Waals surface area contributed by atoms with Gasteiger partial charge in [0.05, 0.1) is 0 Å².